The number of aryl methyl sites for hydroxylation is 1. The number of rotatable bonds is 10. The second-order valence-corrected chi connectivity index (χ2v) is 18.0. The molecule has 6 aromatic rings. The molecule has 0 spiro atoms. The first-order valence-corrected chi connectivity index (χ1v) is 21.9. The number of piperidine rings is 1. The fourth-order valence-electron chi connectivity index (χ4n) is 8.88. The molecule has 3 fully saturated rings. The van der Waals surface area contributed by atoms with Crippen molar-refractivity contribution in [1.29, 1.82) is 0 Å². The highest BCUT2D eigenvalue weighted by atomic mass is 16.4. The smallest absolute Gasteiger partial charge is 0.328 e. The number of hydrogen-bond acceptors (Lipinski definition) is 12. The third-order valence-corrected chi connectivity index (χ3v) is 12.5. The quantitative estimate of drug-likeness (QED) is 0.134. The Morgan fingerprint density at radius 3 is 2.27 bits per heavy atom. The van der Waals surface area contributed by atoms with Crippen LogP contribution in [0, 0.1) is 12.8 Å². The van der Waals surface area contributed by atoms with Gasteiger partial charge in [0, 0.05) is 86.5 Å². The minimum Gasteiger partial charge on any atom is -0.416 e. The molecule has 0 aliphatic carbocycles. The number of amides is 4. The fraction of sp³-hybridized carbons (Fsp3) is 0.404. The molecule has 3 saturated heterocycles. The van der Waals surface area contributed by atoms with Crippen LogP contribution in [0.5, 0.6) is 0 Å². The molecule has 1 atom stereocenters. The van der Waals surface area contributed by atoms with Gasteiger partial charge in [-0.1, -0.05) is 32.9 Å². The maximum Gasteiger partial charge on any atom is 0.328 e. The average Bonchev–Trinajstić information content (AvgIpc) is 3.97. The van der Waals surface area contributed by atoms with Crippen LogP contribution >= 0.6 is 0 Å². The number of benzene rings is 2. The highest BCUT2D eigenvalue weighted by Gasteiger charge is 2.28. The summed E-state index contributed by atoms with van der Waals surface area (Å²) in [5, 5.41) is 14.3. The van der Waals surface area contributed by atoms with Gasteiger partial charge in [-0.3, -0.25) is 29.7 Å². The molecule has 3 N–H and O–H groups in total. The molecule has 0 radical (unpaired) electrons. The number of H-pyrrole nitrogens is 1. The fourth-order valence-corrected chi connectivity index (χ4v) is 8.88. The van der Waals surface area contributed by atoms with Gasteiger partial charge in [-0.2, -0.15) is 0 Å². The van der Waals surface area contributed by atoms with E-state index in [0.717, 1.165) is 115 Å². The van der Waals surface area contributed by atoms with Crippen LogP contribution in [0.15, 0.2) is 77.6 Å². The monoisotopic (exact) mass is 850 g/mol. The van der Waals surface area contributed by atoms with E-state index in [0.29, 0.717) is 24.8 Å². The number of nitrogens with zero attached hydrogens (tertiary/aromatic N) is 9. The zero-order valence-electron chi connectivity index (χ0n) is 36.5. The van der Waals surface area contributed by atoms with Crippen LogP contribution in [0.25, 0.3) is 33.7 Å². The molecule has 0 bridgehead atoms. The third-order valence-electron chi connectivity index (χ3n) is 12.5. The van der Waals surface area contributed by atoms with Crippen LogP contribution < -0.4 is 25.3 Å². The Morgan fingerprint density at radius 2 is 1.59 bits per heavy atom. The molecular weight excluding hydrogens is 797 g/mol. The molecule has 3 aliphatic heterocycles. The number of piperazine rings is 1. The van der Waals surface area contributed by atoms with E-state index in [1.807, 2.05) is 65.1 Å². The number of nitrogens with one attached hydrogen (secondary N) is 3. The Hall–Kier alpha value is -6.68. The van der Waals surface area contributed by atoms with Gasteiger partial charge in [0.2, 0.25) is 11.8 Å². The molecular formula is C47H54N12O4. The lowest BCUT2D eigenvalue weighted by Gasteiger charge is -2.40. The molecule has 16 nitrogen and oxygen atoms in total. The van der Waals surface area contributed by atoms with Crippen molar-refractivity contribution in [1.82, 2.24) is 45.7 Å². The normalized spacial score (nSPS) is 17.3. The van der Waals surface area contributed by atoms with Gasteiger partial charge in [0.25, 0.3) is 0 Å². The van der Waals surface area contributed by atoms with Crippen LogP contribution in [0.1, 0.15) is 80.7 Å². The first-order chi connectivity index (χ1) is 30.4. The van der Waals surface area contributed by atoms with E-state index in [-0.39, 0.29) is 29.3 Å². The lowest BCUT2D eigenvalue weighted by atomic mass is 9.95. The zero-order valence-corrected chi connectivity index (χ0v) is 36.5. The molecule has 326 valence electrons. The van der Waals surface area contributed by atoms with Crippen molar-refractivity contribution >= 4 is 45.9 Å². The van der Waals surface area contributed by atoms with E-state index < -0.39 is 5.91 Å². The van der Waals surface area contributed by atoms with Gasteiger partial charge in [-0.15, -0.1) is 10.2 Å². The number of carbonyl (C=O) groups is 3. The minimum absolute atomic E-state index is 0.0505. The first-order valence-electron chi connectivity index (χ1n) is 21.9. The molecule has 63 heavy (non-hydrogen) atoms. The van der Waals surface area contributed by atoms with Crippen molar-refractivity contribution in [3.63, 3.8) is 0 Å². The molecule has 4 amide bonds. The summed E-state index contributed by atoms with van der Waals surface area (Å²) < 4.78 is 5.64. The highest BCUT2D eigenvalue weighted by Crippen LogP contribution is 2.33. The highest BCUT2D eigenvalue weighted by molar-refractivity contribution is 6.05. The topological polar surface area (TPSA) is 182 Å². The average molecular weight is 851 g/mol. The number of fused-ring (bicyclic) bond motifs is 1. The maximum atomic E-state index is 12.9. The zero-order chi connectivity index (χ0) is 43.8. The van der Waals surface area contributed by atoms with Gasteiger partial charge in [-0.05, 0) is 92.3 Å². The van der Waals surface area contributed by atoms with Crippen molar-refractivity contribution in [3.8, 4) is 22.6 Å². The Kier molecular flexibility index (Phi) is 11.4. The lowest BCUT2D eigenvalue weighted by Crippen LogP contribution is -2.49. The Bertz CT molecular complexity index is 2620. The standard InChI is InChI=1S/C47H54N12O4/c1-29-24-32(6-12-36(29)30(2)51-43(61)44-54-55-45(63-44)47(3,4)5)41-37-25-39(52-42(37)50-28-49-41)38-13-11-35(26-48-38)58-22-20-56(21-23-58)27-31-14-17-57(18-15-31)33-7-9-34(10-8-33)59-19-16-40(60)53-46(59)62/h6-13,24-26,28,30-31H,14-23,27H2,1-5H3,(H,51,61)(H,49,50,52)(H,53,60,62)/t30-/m1/s1. The maximum absolute atomic E-state index is 12.9. The summed E-state index contributed by atoms with van der Waals surface area (Å²) in [6.45, 7) is 17.4. The number of imide groups is 1. The van der Waals surface area contributed by atoms with E-state index in [2.05, 4.69) is 86.9 Å². The Labute approximate surface area is 366 Å². The Morgan fingerprint density at radius 1 is 0.857 bits per heavy atom. The van der Waals surface area contributed by atoms with E-state index in [4.69, 9.17) is 9.40 Å². The van der Waals surface area contributed by atoms with Gasteiger partial charge in [0.05, 0.1) is 35.0 Å². The minimum atomic E-state index is -0.412. The molecule has 7 heterocycles. The van der Waals surface area contributed by atoms with Crippen LogP contribution in [0.3, 0.4) is 0 Å². The third kappa shape index (κ3) is 8.98. The van der Waals surface area contributed by atoms with E-state index in [1.165, 1.54) is 5.69 Å². The van der Waals surface area contributed by atoms with Crippen molar-refractivity contribution in [2.75, 3.05) is 67.1 Å². The summed E-state index contributed by atoms with van der Waals surface area (Å²) >= 11 is 0. The van der Waals surface area contributed by atoms with Gasteiger partial charge in [0.15, 0.2) is 0 Å². The second-order valence-electron chi connectivity index (χ2n) is 18.0. The molecule has 4 aromatic heterocycles. The van der Waals surface area contributed by atoms with Gasteiger partial charge in [-0.25, -0.2) is 14.8 Å². The van der Waals surface area contributed by atoms with Gasteiger partial charge in [0.1, 0.15) is 12.0 Å². The van der Waals surface area contributed by atoms with E-state index >= 15 is 0 Å². The van der Waals surface area contributed by atoms with Crippen LogP contribution in [-0.4, -0.2) is 105 Å². The predicted molar refractivity (Wildman–Crippen MR) is 242 cm³/mol. The summed E-state index contributed by atoms with van der Waals surface area (Å²) in [5.74, 6) is 0.401. The van der Waals surface area contributed by atoms with Gasteiger partial charge >= 0.3 is 17.8 Å². The first kappa shape index (κ1) is 41.7. The number of urea groups is 1. The summed E-state index contributed by atoms with van der Waals surface area (Å²) in [6, 6.07) is 19.9. The number of aromatic nitrogens is 6. The number of aromatic amines is 1. The summed E-state index contributed by atoms with van der Waals surface area (Å²) in [7, 11) is 0. The number of anilines is 3. The van der Waals surface area contributed by atoms with Crippen molar-refractivity contribution < 1.29 is 18.8 Å². The Balaban J connectivity index is 0.768. The SMILES string of the molecule is Cc1cc(-c2ncnc3[nH]c(-c4ccc(N5CCN(CC6CCN(c7ccc(N8CCC(=O)NC8=O)cc7)CC6)CC5)cn4)cc23)ccc1[C@@H](C)NC(=O)c1nnc(C(C)(C)C)o1. The van der Waals surface area contributed by atoms with Crippen LogP contribution in [0.4, 0.5) is 21.9 Å². The largest absolute Gasteiger partial charge is 0.416 e. The number of pyridine rings is 1. The molecule has 3 aliphatic rings. The number of hydrogen-bond donors (Lipinski definition) is 3. The summed E-state index contributed by atoms with van der Waals surface area (Å²) in [6.07, 6.45) is 6.17. The van der Waals surface area contributed by atoms with E-state index in [9.17, 15) is 14.4 Å². The second kappa shape index (κ2) is 17.2. The number of carbonyl (C=O) groups excluding carboxylic acids is 3. The summed E-state index contributed by atoms with van der Waals surface area (Å²) in [5.41, 5.74) is 8.94. The summed E-state index contributed by atoms with van der Waals surface area (Å²) in [4.78, 5) is 63.4. The van der Waals surface area contributed by atoms with Crippen molar-refractivity contribution in [2.45, 2.75) is 65.3 Å². The molecule has 0 unspecified atom stereocenters. The lowest BCUT2D eigenvalue weighted by molar-refractivity contribution is -0.120. The van der Waals surface area contributed by atoms with Crippen molar-refractivity contribution in [2.24, 2.45) is 5.92 Å². The molecule has 2 aromatic carbocycles. The molecule has 16 heteroatoms. The molecule has 0 saturated carbocycles. The van der Waals surface area contributed by atoms with Crippen LogP contribution in [-0.2, 0) is 10.2 Å². The van der Waals surface area contributed by atoms with Crippen LogP contribution in [0.2, 0.25) is 0 Å². The molecule has 9 rings (SSSR count). The predicted octanol–water partition coefficient (Wildman–Crippen LogP) is 6.65. The van der Waals surface area contributed by atoms with Crippen molar-refractivity contribution in [3.05, 3.63) is 96.1 Å². The van der Waals surface area contributed by atoms with E-state index in [1.54, 1.807) is 11.2 Å². The van der Waals surface area contributed by atoms with Gasteiger partial charge < -0.3 is 24.5 Å².